The van der Waals surface area contributed by atoms with Gasteiger partial charge in [-0.3, -0.25) is 0 Å². The number of nitrogens with zero attached hydrogens (tertiary/aromatic N) is 5. The van der Waals surface area contributed by atoms with Crippen LogP contribution in [0.4, 0.5) is 0 Å². The van der Waals surface area contributed by atoms with Crippen LogP contribution in [0.5, 0.6) is 0 Å². The third-order valence-corrected chi connectivity index (χ3v) is 3.75. The Bertz CT molecular complexity index is 566. The van der Waals surface area contributed by atoms with E-state index in [1.165, 1.54) is 6.42 Å². The molecule has 7 nitrogen and oxygen atoms in total. The maximum Gasteiger partial charge on any atom is 0.230 e. The van der Waals surface area contributed by atoms with Gasteiger partial charge in [-0.15, -0.1) is 5.10 Å². The number of hydrogen-bond acceptors (Lipinski definition) is 6. The zero-order chi connectivity index (χ0) is 12.7. The average Bonchev–Trinajstić information content (AvgIpc) is 3.01. The standard InChI is InChI=1S/C12H16N6O/c1-2-9(6-13-5-1)18-7-10(15-17-18)11-14-12(19-16-11)8-3-4-8/h7-9,13H,1-6H2/t9-/m0/s1. The summed E-state index contributed by atoms with van der Waals surface area (Å²) in [6.07, 6.45) is 6.53. The first-order valence-electron chi connectivity index (χ1n) is 6.86. The summed E-state index contributed by atoms with van der Waals surface area (Å²) in [5, 5.41) is 15.7. The van der Waals surface area contributed by atoms with Crippen LogP contribution in [0, 0.1) is 0 Å². The number of aromatic nitrogens is 5. The zero-order valence-electron chi connectivity index (χ0n) is 10.6. The minimum Gasteiger partial charge on any atom is -0.339 e. The molecule has 1 atom stereocenters. The van der Waals surface area contributed by atoms with Gasteiger partial charge in [-0.2, -0.15) is 4.98 Å². The van der Waals surface area contributed by atoms with Gasteiger partial charge in [-0.25, -0.2) is 4.68 Å². The summed E-state index contributed by atoms with van der Waals surface area (Å²) in [6, 6.07) is 0.379. The summed E-state index contributed by atoms with van der Waals surface area (Å²) in [5.74, 6) is 1.76. The summed E-state index contributed by atoms with van der Waals surface area (Å²) in [5.41, 5.74) is 0.696. The Balaban J connectivity index is 1.55. The van der Waals surface area contributed by atoms with Crippen molar-refractivity contribution < 1.29 is 4.52 Å². The number of rotatable bonds is 3. The van der Waals surface area contributed by atoms with Crippen LogP contribution < -0.4 is 5.32 Å². The predicted molar refractivity (Wildman–Crippen MR) is 66.4 cm³/mol. The fourth-order valence-corrected chi connectivity index (χ4v) is 2.45. The second kappa shape index (κ2) is 4.41. The molecule has 1 N–H and O–H groups in total. The molecule has 2 aromatic heterocycles. The smallest absolute Gasteiger partial charge is 0.230 e. The lowest BCUT2D eigenvalue weighted by molar-refractivity contribution is 0.341. The van der Waals surface area contributed by atoms with E-state index in [9.17, 15) is 0 Å². The third-order valence-electron chi connectivity index (χ3n) is 3.75. The number of nitrogens with one attached hydrogen (secondary N) is 1. The Labute approximate surface area is 110 Å². The van der Waals surface area contributed by atoms with E-state index in [4.69, 9.17) is 4.52 Å². The van der Waals surface area contributed by atoms with Gasteiger partial charge in [-0.1, -0.05) is 10.4 Å². The van der Waals surface area contributed by atoms with Gasteiger partial charge in [0.05, 0.1) is 12.2 Å². The first-order chi connectivity index (χ1) is 9.40. The Morgan fingerprint density at radius 2 is 2.26 bits per heavy atom. The van der Waals surface area contributed by atoms with Crippen molar-refractivity contribution in [3.8, 4) is 11.5 Å². The van der Waals surface area contributed by atoms with Crippen LogP contribution in [0.3, 0.4) is 0 Å². The molecule has 0 bridgehead atoms. The van der Waals surface area contributed by atoms with E-state index in [0.717, 1.165) is 38.2 Å². The molecule has 1 aliphatic carbocycles. The summed E-state index contributed by atoms with van der Waals surface area (Å²) < 4.78 is 7.16. The maximum absolute atomic E-state index is 5.25. The molecule has 2 fully saturated rings. The van der Waals surface area contributed by atoms with Gasteiger partial charge in [0, 0.05) is 12.5 Å². The summed E-state index contributed by atoms with van der Waals surface area (Å²) in [7, 11) is 0. The SMILES string of the molecule is c1c(-c2noc(C3CC3)n2)nnn1[C@H]1CCCNC1. The highest BCUT2D eigenvalue weighted by molar-refractivity contribution is 5.45. The van der Waals surface area contributed by atoms with Crippen LogP contribution in [0.2, 0.25) is 0 Å². The van der Waals surface area contributed by atoms with E-state index >= 15 is 0 Å². The molecule has 4 rings (SSSR count). The topological polar surface area (TPSA) is 81.7 Å². The first kappa shape index (κ1) is 11.1. The van der Waals surface area contributed by atoms with E-state index in [1.54, 1.807) is 0 Å². The molecule has 0 unspecified atom stereocenters. The lowest BCUT2D eigenvalue weighted by Gasteiger charge is -2.22. The number of hydrogen-bond donors (Lipinski definition) is 1. The normalized spacial score (nSPS) is 23.7. The van der Waals surface area contributed by atoms with Gasteiger partial charge in [0.1, 0.15) is 0 Å². The Morgan fingerprint density at radius 3 is 3.05 bits per heavy atom. The van der Waals surface area contributed by atoms with Gasteiger partial charge in [-0.05, 0) is 32.2 Å². The predicted octanol–water partition coefficient (Wildman–Crippen LogP) is 1.13. The molecule has 0 spiro atoms. The van der Waals surface area contributed by atoms with E-state index in [2.05, 4.69) is 25.8 Å². The van der Waals surface area contributed by atoms with Gasteiger partial charge in [0.2, 0.25) is 11.7 Å². The highest BCUT2D eigenvalue weighted by Gasteiger charge is 2.30. The molecule has 1 saturated heterocycles. The molecular weight excluding hydrogens is 244 g/mol. The highest BCUT2D eigenvalue weighted by atomic mass is 16.5. The van der Waals surface area contributed by atoms with E-state index in [-0.39, 0.29) is 0 Å². The van der Waals surface area contributed by atoms with E-state index < -0.39 is 0 Å². The van der Waals surface area contributed by atoms with Crippen molar-refractivity contribution in [2.45, 2.75) is 37.6 Å². The van der Waals surface area contributed by atoms with Crippen LogP contribution in [0.15, 0.2) is 10.7 Å². The average molecular weight is 260 g/mol. The van der Waals surface area contributed by atoms with E-state index in [1.807, 2.05) is 10.9 Å². The van der Waals surface area contributed by atoms with Gasteiger partial charge in [0.15, 0.2) is 5.69 Å². The molecule has 0 aromatic carbocycles. The first-order valence-corrected chi connectivity index (χ1v) is 6.86. The minimum atomic E-state index is 0.379. The van der Waals surface area contributed by atoms with E-state index in [0.29, 0.717) is 23.5 Å². The molecule has 7 heteroatoms. The van der Waals surface area contributed by atoms with Crippen molar-refractivity contribution >= 4 is 0 Å². The van der Waals surface area contributed by atoms with Crippen molar-refractivity contribution in [1.29, 1.82) is 0 Å². The monoisotopic (exact) mass is 260 g/mol. The molecule has 3 heterocycles. The molecule has 1 aliphatic heterocycles. The van der Waals surface area contributed by atoms with Gasteiger partial charge < -0.3 is 9.84 Å². The maximum atomic E-state index is 5.25. The quantitative estimate of drug-likeness (QED) is 0.891. The molecule has 100 valence electrons. The number of piperidine rings is 1. The van der Waals surface area contributed by atoms with Gasteiger partial charge >= 0.3 is 0 Å². The highest BCUT2D eigenvalue weighted by Crippen LogP contribution is 2.39. The molecule has 1 saturated carbocycles. The van der Waals surface area contributed by atoms with Crippen LogP contribution >= 0.6 is 0 Å². The van der Waals surface area contributed by atoms with Crippen LogP contribution in [0.1, 0.15) is 43.5 Å². The molecule has 0 radical (unpaired) electrons. The van der Waals surface area contributed by atoms with Gasteiger partial charge in [0.25, 0.3) is 0 Å². The third kappa shape index (κ3) is 2.14. The molecule has 0 amide bonds. The zero-order valence-corrected chi connectivity index (χ0v) is 10.6. The lowest BCUT2D eigenvalue weighted by Crippen LogP contribution is -2.31. The van der Waals surface area contributed by atoms with Crippen molar-refractivity contribution in [2.75, 3.05) is 13.1 Å². The minimum absolute atomic E-state index is 0.379. The van der Waals surface area contributed by atoms with Crippen LogP contribution in [-0.4, -0.2) is 38.2 Å². The second-order valence-corrected chi connectivity index (χ2v) is 5.31. The fraction of sp³-hybridized carbons (Fsp3) is 0.667. The summed E-state index contributed by atoms with van der Waals surface area (Å²) in [4.78, 5) is 4.39. The Kier molecular flexibility index (Phi) is 2.58. The van der Waals surface area contributed by atoms with Crippen molar-refractivity contribution in [1.82, 2.24) is 30.5 Å². The van der Waals surface area contributed by atoms with Crippen LogP contribution in [0.25, 0.3) is 11.5 Å². The summed E-state index contributed by atoms with van der Waals surface area (Å²) in [6.45, 7) is 2.04. The molecule has 2 aromatic rings. The fourth-order valence-electron chi connectivity index (χ4n) is 2.45. The van der Waals surface area contributed by atoms with Crippen molar-refractivity contribution in [2.24, 2.45) is 0 Å². The van der Waals surface area contributed by atoms with Crippen molar-refractivity contribution in [3.05, 3.63) is 12.1 Å². The largest absolute Gasteiger partial charge is 0.339 e. The van der Waals surface area contributed by atoms with Crippen molar-refractivity contribution in [3.63, 3.8) is 0 Å². The Morgan fingerprint density at radius 1 is 1.32 bits per heavy atom. The Hall–Kier alpha value is -1.76. The van der Waals surface area contributed by atoms with Crippen LogP contribution in [-0.2, 0) is 0 Å². The molecule has 19 heavy (non-hydrogen) atoms. The molecular formula is C12H16N6O. The lowest BCUT2D eigenvalue weighted by atomic mass is 10.1. The second-order valence-electron chi connectivity index (χ2n) is 5.31. The summed E-state index contributed by atoms with van der Waals surface area (Å²) >= 11 is 0. The molecule has 2 aliphatic rings.